The molecule has 0 aliphatic carbocycles. The lowest BCUT2D eigenvalue weighted by Crippen LogP contribution is -2.13. The van der Waals surface area contributed by atoms with E-state index in [1.165, 1.54) is 17.7 Å². The first-order valence-electron chi connectivity index (χ1n) is 5.22. The highest BCUT2D eigenvalue weighted by Crippen LogP contribution is 2.28. The molecule has 0 radical (unpaired) electrons. The van der Waals surface area contributed by atoms with Crippen LogP contribution in [0.25, 0.3) is 0 Å². The third-order valence-corrected chi connectivity index (χ3v) is 3.18. The van der Waals surface area contributed by atoms with Crippen molar-refractivity contribution in [1.82, 2.24) is 15.0 Å². The fourth-order valence-corrected chi connectivity index (χ4v) is 2.14. The van der Waals surface area contributed by atoms with Gasteiger partial charge in [0.1, 0.15) is 11.3 Å². The average Bonchev–Trinajstić information content (AvgIpc) is 2.81. The quantitative estimate of drug-likeness (QED) is 0.421. The van der Waals surface area contributed by atoms with Gasteiger partial charge in [0, 0.05) is 11.1 Å². The summed E-state index contributed by atoms with van der Waals surface area (Å²) in [5.41, 5.74) is 2.79. The zero-order chi connectivity index (χ0) is 13.8. The standard InChI is InChI=1S/C9H11N7O2S/c1-5-3-19-6(14-5)2-11-8-7(16(17)18)9(15-10)13-4-12-8/h3-4H,2,10H2,1H3,(H2,11,12,13,15). The van der Waals surface area contributed by atoms with Crippen molar-refractivity contribution >= 4 is 28.7 Å². The van der Waals surface area contributed by atoms with Gasteiger partial charge in [-0.3, -0.25) is 10.1 Å². The number of hydrazine groups is 1. The number of nitrogens with one attached hydrogen (secondary N) is 2. The van der Waals surface area contributed by atoms with Crippen molar-refractivity contribution in [2.75, 3.05) is 10.7 Å². The number of anilines is 2. The van der Waals surface area contributed by atoms with Gasteiger partial charge in [-0.15, -0.1) is 11.3 Å². The SMILES string of the molecule is Cc1csc(CNc2ncnc(NN)c2[N+](=O)[O-])n1. The Bertz CT molecular complexity index is 600. The first kappa shape index (κ1) is 13.1. The van der Waals surface area contributed by atoms with Gasteiger partial charge in [-0.05, 0) is 6.92 Å². The van der Waals surface area contributed by atoms with E-state index < -0.39 is 4.92 Å². The molecule has 2 aromatic heterocycles. The molecule has 100 valence electrons. The van der Waals surface area contributed by atoms with Gasteiger partial charge >= 0.3 is 5.69 Å². The highest BCUT2D eigenvalue weighted by atomic mass is 32.1. The van der Waals surface area contributed by atoms with Gasteiger partial charge in [-0.2, -0.15) is 0 Å². The molecule has 0 bridgehead atoms. The van der Waals surface area contributed by atoms with Gasteiger partial charge in [0.15, 0.2) is 0 Å². The van der Waals surface area contributed by atoms with Crippen LogP contribution in [-0.2, 0) is 6.54 Å². The number of nitro groups is 1. The lowest BCUT2D eigenvalue weighted by atomic mass is 10.4. The topological polar surface area (TPSA) is 132 Å². The number of hydrogen-bond donors (Lipinski definition) is 3. The van der Waals surface area contributed by atoms with Crippen molar-refractivity contribution in [2.45, 2.75) is 13.5 Å². The summed E-state index contributed by atoms with van der Waals surface area (Å²) in [5, 5.41) is 16.6. The monoisotopic (exact) mass is 281 g/mol. The maximum absolute atomic E-state index is 11.0. The third-order valence-electron chi connectivity index (χ3n) is 2.22. The van der Waals surface area contributed by atoms with E-state index in [4.69, 9.17) is 5.84 Å². The maximum Gasteiger partial charge on any atom is 0.354 e. The van der Waals surface area contributed by atoms with E-state index in [1.807, 2.05) is 12.3 Å². The van der Waals surface area contributed by atoms with Crippen molar-refractivity contribution in [1.29, 1.82) is 0 Å². The molecule has 10 heteroatoms. The number of aryl methyl sites for hydroxylation is 1. The van der Waals surface area contributed by atoms with E-state index in [0.717, 1.165) is 10.7 Å². The zero-order valence-electron chi connectivity index (χ0n) is 9.95. The van der Waals surface area contributed by atoms with Crippen molar-refractivity contribution in [3.05, 3.63) is 32.5 Å². The molecule has 0 saturated carbocycles. The molecule has 2 rings (SSSR count). The van der Waals surface area contributed by atoms with Crippen LogP contribution in [0.4, 0.5) is 17.3 Å². The number of hydrogen-bond acceptors (Lipinski definition) is 9. The largest absolute Gasteiger partial charge is 0.358 e. The van der Waals surface area contributed by atoms with Crippen LogP contribution < -0.4 is 16.6 Å². The average molecular weight is 281 g/mol. The minimum absolute atomic E-state index is 0.0437. The van der Waals surface area contributed by atoms with Crippen LogP contribution in [0.1, 0.15) is 10.7 Å². The van der Waals surface area contributed by atoms with E-state index >= 15 is 0 Å². The van der Waals surface area contributed by atoms with E-state index in [1.54, 1.807) is 0 Å². The van der Waals surface area contributed by atoms with Gasteiger partial charge in [0.25, 0.3) is 0 Å². The van der Waals surface area contributed by atoms with Crippen LogP contribution in [0.15, 0.2) is 11.7 Å². The van der Waals surface area contributed by atoms with E-state index in [-0.39, 0.29) is 17.3 Å². The lowest BCUT2D eigenvalue weighted by Gasteiger charge is -2.06. The Morgan fingerprint density at radius 1 is 1.47 bits per heavy atom. The van der Waals surface area contributed by atoms with Gasteiger partial charge in [0.05, 0.1) is 11.5 Å². The van der Waals surface area contributed by atoms with Crippen molar-refractivity contribution in [3.63, 3.8) is 0 Å². The Morgan fingerprint density at radius 2 is 2.21 bits per heavy atom. The van der Waals surface area contributed by atoms with Crippen LogP contribution in [0.2, 0.25) is 0 Å². The van der Waals surface area contributed by atoms with Crippen molar-refractivity contribution in [3.8, 4) is 0 Å². The second kappa shape index (κ2) is 5.54. The molecule has 0 saturated heterocycles. The Morgan fingerprint density at radius 3 is 2.79 bits per heavy atom. The normalized spacial score (nSPS) is 10.2. The summed E-state index contributed by atoms with van der Waals surface area (Å²) >= 11 is 1.47. The number of thiazole rings is 1. The first-order chi connectivity index (χ1) is 9.11. The predicted molar refractivity (Wildman–Crippen MR) is 70.7 cm³/mol. The fourth-order valence-electron chi connectivity index (χ4n) is 1.43. The van der Waals surface area contributed by atoms with Gasteiger partial charge in [-0.1, -0.05) is 0 Å². The van der Waals surface area contributed by atoms with Crippen LogP contribution >= 0.6 is 11.3 Å². The molecule has 0 aliphatic rings. The minimum Gasteiger partial charge on any atom is -0.358 e. The summed E-state index contributed by atoms with van der Waals surface area (Å²) in [7, 11) is 0. The van der Waals surface area contributed by atoms with Crippen LogP contribution in [-0.4, -0.2) is 19.9 Å². The van der Waals surface area contributed by atoms with Crippen LogP contribution in [0.5, 0.6) is 0 Å². The lowest BCUT2D eigenvalue weighted by molar-refractivity contribution is -0.383. The Labute approximate surface area is 112 Å². The van der Waals surface area contributed by atoms with Gasteiger partial charge < -0.3 is 10.7 Å². The molecule has 19 heavy (non-hydrogen) atoms. The number of nitrogens with zero attached hydrogens (tertiary/aromatic N) is 4. The number of aromatic nitrogens is 3. The molecule has 2 heterocycles. The van der Waals surface area contributed by atoms with Crippen molar-refractivity contribution < 1.29 is 4.92 Å². The van der Waals surface area contributed by atoms with Gasteiger partial charge in [-0.25, -0.2) is 20.8 Å². The summed E-state index contributed by atoms with van der Waals surface area (Å²) in [6.07, 6.45) is 1.19. The minimum atomic E-state index is -0.593. The highest BCUT2D eigenvalue weighted by Gasteiger charge is 2.22. The highest BCUT2D eigenvalue weighted by molar-refractivity contribution is 7.09. The fraction of sp³-hybridized carbons (Fsp3) is 0.222. The molecule has 4 N–H and O–H groups in total. The molecule has 0 unspecified atom stereocenters. The molecule has 0 aromatic carbocycles. The molecule has 9 nitrogen and oxygen atoms in total. The van der Waals surface area contributed by atoms with E-state index in [2.05, 4.69) is 25.7 Å². The van der Waals surface area contributed by atoms with Crippen LogP contribution in [0, 0.1) is 17.0 Å². The first-order valence-corrected chi connectivity index (χ1v) is 6.10. The molecular formula is C9H11N7O2S. The summed E-state index contributed by atoms with van der Waals surface area (Å²) < 4.78 is 0. The molecule has 2 aromatic rings. The number of nitrogens with two attached hydrogens (primary N) is 1. The molecule has 0 spiro atoms. The smallest absolute Gasteiger partial charge is 0.354 e. The number of nitrogen functional groups attached to an aromatic ring is 1. The Kier molecular flexibility index (Phi) is 3.82. The zero-order valence-corrected chi connectivity index (χ0v) is 10.8. The predicted octanol–water partition coefficient (Wildman–Crippen LogP) is 1.05. The summed E-state index contributed by atoms with van der Waals surface area (Å²) in [5.74, 6) is 5.24. The Balaban J connectivity index is 2.22. The molecule has 0 aliphatic heterocycles. The molecular weight excluding hydrogens is 270 g/mol. The molecule has 0 amide bonds. The van der Waals surface area contributed by atoms with E-state index in [9.17, 15) is 10.1 Å². The third kappa shape index (κ3) is 2.92. The second-order valence-corrected chi connectivity index (χ2v) is 4.50. The summed E-state index contributed by atoms with van der Waals surface area (Å²) in [6, 6.07) is 0. The molecule has 0 fully saturated rings. The van der Waals surface area contributed by atoms with Gasteiger partial charge in [0.2, 0.25) is 11.6 Å². The van der Waals surface area contributed by atoms with Crippen LogP contribution in [0.3, 0.4) is 0 Å². The van der Waals surface area contributed by atoms with Crippen molar-refractivity contribution in [2.24, 2.45) is 5.84 Å². The number of rotatable bonds is 5. The molecule has 0 atom stereocenters. The Hall–Kier alpha value is -2.33. The maximum atomic E-state index is 11.0. The summed E-state index contributed by atoms with van der Waals surface area (Å²) in [4.78, 5) is 22.2. The second-order valence-electron chi connectivity index (χ2n) is 3.56. The summed E-state index contributed by atoms with van der Waals surface area (Å²) in [6.45, 7) is 2.23. The van der Waals surface area contributed by atoms with E-state index in [0.29, 0.717) is 6.54 Å².